The minimum Gasteiger partial charge on any atom is -0.370 e. The molecule has 24 heavy (non-hydrogen) atoms. The van der Waals surface area contributed by atoms with Crippen molar-refractivity contribution in [2.75, 3.05) is 33.2 Å². The molecule has 5 nitrogen and oxygen atoms in total. The number of benzene rings is 1. The van der Waals surface area contributed by atoms with Crippen LogP contribution >= 0.6 is 24.0 Å². The first-order valence-electron chi connectivity index (χ1n) is 8.62. The standard InChI is InChI=1S/C18H31N5.HI/c1-4-15(2)21-18(19)20-13-16-5-7-17(8-6-16)14-23-11-9-22(3)10-12-23;/h5-8,15H,4,9-14H2,1-3H3,(H3,19,20,21);1H. The first kappa shape index (κ1) is 21.2. The van der Waals surface area contributed by atoms with Crippen molar-refractivity contribution in [2.45, 2.75) is 39.4 Å². The molecule has 1 atom stereocenters. The van der Waals surface area contributed by atoms with Gasteiger partial charge < -0.3 is 16.0 Å². The number of nitrogens with zero attached hydrogens (tertiary/aromatic N) is 3. The molecule has 0 aromatic heterocycles. The minimum atomic E-state index is 0. The number of rotatable bonds is 6. The van der Waals surface area contributed by atoms with Crippen LogP contribution in [0, 0.1) is 0 Å². The number of piperazine rings is 1. The summed E-state index contributed by atoms with van der Waals surface area (Å²) in [5, 5.41) is 3.19. The molecule has 0 saturated carbocycles. The maximum Gasteiger partial charge on any atom is 0.189 e. The second-order valence-electron chi connectivity index (χ2n) is 6.55. The van der Waals surface area contributed by atoms with Crippen LogP contribution in [0.15, 0.2) is 29.3 Å². The number of nitrogens with one attached hydrogen (secondary N) is 1. The van der Waals surface area contributed by atoms with Crippen LogP contribution in [0.5, 0.6) is 0 Å². The number of hydrogen-bond donors (Lipinski definition) is 2. The molecule has 6 heteroatoms. The van der Waals surface area contributed by atoms with E-state index in [0.717, 1.165) is 39.1 Å². The molecule has 1 aromatic rings. The van der Waals surface area contributed by atoms with Crippen molar-refractivity contribution in [3.8, 4) is 0 Å². The molecule has 2 rings (SSSR count). The maximum absolute atomic E-state index is 5.89. The quantitative estimate of drug-likeness (QED) is 0.401. The van der Waals surface area contributed by atoms with E-state index in [9.17, 15) is 0 Å². The zero-order valence-electron chi connectivity index (χ0n) is 15.2. The molecular formula is C18H32IN5. The lowest BCUT2D eigenvalue weighted by Gasteiger charge is -2.32. The predicted octanol–water partition coefficient (Wildman–Crippen LogP) is 2.25. The Hall–Kier alpha value is -0.860. The van der Waals surface area contributed by atoms with Gasteiger partial charge >= 0.3 is 0 Å². The molecule has 1 heterocycles. The van der Waals surface area contributed by atoms with E-state index in [1.54, 1.807) is 0 Å². The SMILES string of the molecule is CCC(C)NC(N)=NCc1ccc(CN2CCN(C)CC2)cc1.I. The summed E-state index contributed by atoms with van der Waals surface area (Å²) in [6.07, 6.45) is 1.04. The van der Waals surface area contributed by atoms with Gasteiger partial charge in [-0.2, -0.15) is 0 Å². The van der Waals surface area contributed by atoms with Crippen molar-refractivity contribution in [1.82, 2.24) is 15.1 Å². The summed E-state index contributed by atoms with van der Waals surface area (Å²) in [5.74, 6) is 0.529. The van der Waals surface area contributed by atoms with Crippen LogP contribution in [-0.2, 0) is 13.1 Å². The summed E-state index contributed by atoms with van der Waals surface area (Å²) >= 11 is 0. The van der Waals surface area contributed by atoms with Gasteiger partial charge in [0.25, 0.3) is 0 Å². The van der Waals surface area contributed by atoms with E-state index < -0.39 is 0 Å². The highest BCUT2D eigenvalue weighted by Gasteiger charge is 2.13. The fraction of sp³-hybridized carbons (Fsp3) is 0.611. The Bertz CT molecular complexity index is 495. The average molecular weight is 445 g/mol. The Morgan fingerprint density at radius 2 is 1.75 bits per heavy atom. The van der Waals surface area contributed by atoms with Crippen LogP contribution in [-0.4, -0.2) is 55.0 Å². The first-order chi connectivity index (χ1) is 11.1. The Labute approximate surface area is 163 Å². The average Bonchev–Trinajstić information content (AvgIpc) is 2.56. The van der Waals surface area contributed by atoms with Gasteiger partial charge in [-0.3, -0.25) is 4.90 Å². The summed E-state index contributed by atoms with van der Waals surface area (Å²) in [6, 6.07) is 9.10. The second-order valence-corrected chi connectivity index (χ2v) is 6.55. The third-order valence-corrected chi connectivity index (χ3v) is 4.46. The molecule has 1 aliphatic rings. The van der Waals surface area contributed by atoms with Gasteiger partial charge in [0.05, 0.1) is 6.54 Å². The Kier molecular flexibility index (Phi) is 9.61. The lowest BCUT2D eigenvalue weighted by Crippen LogP contribution is -2.43. The van der Waals surface area contributed by atoms with Gasteiger partial charge in [-0.1, -0.05) is 31.2 Å². The zero-order chi connectivity index (χ0) is 16.7. The van der Waals surface area contributed by atoms with Gasteiger partial charge in [0.15, 0.2) is 5.96 Å². The number of aliphatic imine (C=N–C) groups is 1. The molecule has 1 aromatic carbocycles. The number of halogens is 1. The number of guanidine groups is 1. The van der Waals surface area contributed by atoms with Crippen LogP contribution in [0.4, 0.5) is 0 Å². The van der Waals surface area contributed by atoms with E-state index >= 15 is 0 Å². The highest BCUT2D eigenvalue weighted by molar-refractivity contribution is 14.0. The highest BCUT2D eigenvalue weighted by atomic mass is 127. The topological polar surface area (TPSA) is 56.9 Å². The second kappa shape index (κ2) is 10.9. The summed E-state index contributed by atoms with van der Waals surface area (Å²) in [7, 11) is 2.19. The number of likely N-dealkylation sites (N-methyl/N-ethyl adjacent to an activating group) is 1. The van der Waals surface area contributed by atoms with Crippen molar-refractivity contribution < 1.29 is 0 Å². The molecule has 0 bridgehead atoms. The van der Waals surface area contributed by atoms with Gasteiger partial charge in [-0.15, -0.1) is 24.0 Å². The lowest BCUT2D eigenvalue weighted by atomic mass is 10.1. The summed E-state index contributed by atoms with van der Waals surface area (Å²) in [4.78, 5) is 9.30. The van der Waals surface area contributed by atoms with Crippen molar-refractivity contribution in [2.24, 2.45) is 10.7 Å². The highest BCUT2D eigenvalue weighted by Crippen LogP contribution is 2.10. The Balaban J connectivity index is 0.00000288. The van der Waals surface area contributed by atoms with Gasteiger partial charge in [0, 0.05) is 38.8 Å². The summed E-state index contributed by atoms with van der Waals surface area (Å²) in [5.41, 5.74) is 8.45. The molecule has 1 aliphatic heterocycles. The van der Waals surface area contributed by atoms with E-state index in [1.807, 2.05) is 0 Å². The van der Waals surface area contributed by atoms with Crippen LogP contribution in [0.2, 0.25) is 0 Å². The molecule has 3 N–H and O–H groups in total. The number of nitrogens with two attached hydrogens (primary N) is 1. The molecular weight excluding hydrogens is 413 g/mol. The lowest BCUT2D eigenvalue weighted by molar-refractivity contribution is 0.148. The Morgan fingerprint density at radius 3 is 2.33 bits per heavy atom. The molecule has 0 radical (unpaired) electrons. The molecule has 1 unspecified atom stereocenters. The minimum absolute atomic E-state index is 0. The third-order valence-electron chi connectivity index (χ3n) is 4.46. The molecule has 136 valence electrons. The smallest absolute Gasteiger partial charge is 0.189 e. The normalized spacial score (nSPS) is 18.0. The molecule has 1 fully saturated rings. The van der Waals surface area contributed by atoms with Gasteiger partial charge in [0.1, 0.15) is 0 Å². The van der Waals surface area contributed by atoms with Crippen molar-refractivity contribution in [3.05, 3.63) is 35.4 Å². The van der Waals surface area contributed by atoms with Gasteiger partial charge in [0.2, 0.25) is 0 Å². The molecule has 0 spiro atoms. The summed E-state index contributed by atoms with van der Waals surface area (Å²) < 4.78 is 0. The monoisotopic (exact) mass is 445 g/mol. The van der Waals surface area contributed by atoms with Crippen LogP contribution in [0.3, 0.4) is 0 Å². The van der Waals surface area contributed by atoms with Crippen molar-refractivity contribution in [1.29, 1.82) is 0 Å². The molecule has 1 saturated heterocycles. The Morgan fingerprint density at radius 1 is 1.17 bits per heavy atom. The third kappa shape index (κ3) is 7.36. The largest absolute Gasteiger partial charge is 0.370 e. The maximum atomic E-state index is 5.89. The number of hydrogen-bond acceptors (Lipinski definition) is 3. The fourth-order valence-corrected chi connectivity index (χ4v) is 2.59. The van der Waals surface area contributed by atoms with Crippen LogP contribution < -0.4 is 11.1 Å². The van der Waals surface area contributed by atoms with E-state index in [1.165, 1.54) is 11.1 Å². The zero-order valence-corrected chi connectivity index (χ0v) is 17.5. The molecule has 0 amide bonds. The molecule has 0 aliphatic carbocycles. The van der Waals surface area contributed by atoms with Crippen LogP contribution in [0.25, 0.3) is 0 Å². The first-order valence-corrected chi connectivity index (χ1v) is 8.62. The fourth-order valence-electron chi connectivity index (χ4n) is 2.59. The predicted molar refractivity (Wildman–Crippen MR) is 113 cm³/mol. The van der Waals surface area contributed by atoms with Crippen molar-refractivity contribution in [3.63, 3.8) is 0 Å². The van der Waals surface area contributed by atoms with Gasteiger partial charge in [-0.25, -0.2) is 4.99 Å². The van der Waals surface area contributed by atoms with E-state index in [4.69, 9.17) is 5.73 Å². The van der Waals surface area contributed by atoms with E-state index in [-0.39, 0.29) is 24.0 Å². The van der Waals surface area contributed by atoms with E-state index in [2.05, 4.69) is 65.3 Å². The van der Waals surface area contributed by atoms with Crippen LogP contribution in [0.1, 0.15) is 31.4 Å². The van der Waals surface area contributed by atoms with Gasteiger partial charge in [-0.05, 0) is 31.5 Å². The summed E-state index contributed by atoms with van der Waals surface area (Å²) in [6.45, 7) is 10.5. The van der Waals surface area contributed by atoms with Crippen molar-refractivity contribution >= 4 is 29.9 Å². The van der Waals surface area contributed by atoms with E-state index in [0.29, 0.717) is 18.5 Å².